The van der Waals surface area contributed by atoms with Crippen LogP contribution in [0.2, 0.25) is 0 Å². The molecule has 0 bridgehead atoms. The van der Waals surface area contributed by atoms with Crippen LogP contribution in [-0.2, 0) is 20.1 Å². The van der Waals surface area contributed by atoms with Gasteiger partial charge in [0.25, 0.3) is 0 Å². The molecule has 0 N–H and O–H groups in total. The zero-order chi connectivity index (χ0) is 32.4. The normalized spacial score (nSPS) is 11.0. The van der Waals surface area contributed by atoms with Gasteiger partial charge in [0, 0.05) is 24.0 Å². The SMILES string of the molecule is [C+]1=C(c2[c-]cccc2)c2ccccc2C=C1.[Ir+3].[c-]1ccccc1-c1nccc2ccccc12.[c-]1ccccc1-c1nccc2ccccc12. The molecule has 0 saturated carbocycles. The Balaban J connectivity index is 0.000000126. The second-order valence-electron chi connectivity index (χ2n) is 11.0. The first-order valence-electron chi connectivity index (χ1n) is 15.8. The molecule has 0 unspecified atom stereocenters. The number of aromatic nitrogens is 2. The fourth-order valence-corrected chi connectivity index (χ4v) is 5.68. The first kappa shape index (κ1) is 33.1. The summed E-state index contributed by atoms with van der Waals surface area (Å²) in [7, 11) is 0. The molecule has 1 aliphatic rings. The van der Waals surface area contributed by atoms with Crippen LogP contribution in [0.4, 0.5) is 0 Å². The van der Waals surface area contributed by atoms with Crippen molar-refractivity contribution in [3.05, 3.63) is 217 Å². The summed E-state index contributed by atoms with van der Waals surface area (Å²) in [6, 6.07) is 62.5. The van der Waals surface area contributed by atoms with Crippen LogP contribution in [0.15, 0.2) is 176 Å². The molecule has 2 nitrogen and oxygen atoms in total. The molecule has 0 aliphatic heterocycles. The van der Waals surface area contributed by atoms with Crippen molar-refractivity contribution >= 4 is 33.2 Å². The topological polar surface area (TPSA) is 25.8 Å². The Bertz CT molecular complexity index is 2200. The first-order valence-corrected chi connectivity index (χ1v) is 15.8. The number of pyridine rings is 2. The van der Waals surface area contributed by atoms with E-state index >= 15 is 0 Å². The van der Waals surface area contributed by atoms with E-state index in [0.29, 0.717) is 0 Å². The predicted octanol–water partition coefficient (Wildman–Crippen LogP) is 11.1. The Morgan fingerprint density at radius 3 is 1.45 bits per heavy atom. The van der Waals surface area contributed by atoms with Crippen molar-refractivity contribution in [3.8, 4) is 22.5 Å². The summed E-state index contributed by atoms with van der Waals surface area (Å²) < 4.78 is 0. The Kier molecular flexibility index (Phi) is 11.0. The van der Waals surface area contributed by atoms with E-state index in [1.165, 1.54) is 32.7 Å². The molecule has 0 saturated heterocycles. The molecule has 0 radical (unpaired) electrons. The maximum atomic E-state index is 4.45. The van der Waals surface area contributed by atoms with E-state index in [2.05, 4.69) is 94.9 Å². The van der Waals surface area contributed by atoms with Gasteiger partial charge in [0.15, 0.2) is 0 Å². The Morgan fingerprint density at radius 1 is 0.449 bits per heavy atom. The summed E-state index contributed by atoms with van der Waals surface area (Å²) in [6.45, 7) is 0. The van der Waals surface area contributed by atoms with Gasteiger partial charge in [0.2, 0.25) is 0 Å². The molecule has 2 heterocycles. The second-order valence-corrected chi connectivity index (χ2v) is 11.0. The van der Waals surface area contributed by atoms with E-state index in [0.717, 1.165) is 33.7 Å². The van der Waals surface area contributed by atoms with Crippen molar-refractivity contribution in [1.82, 2.24) is 9.97 Å². The summed E-state index contributed by atoms with van der Waals surface area (Å²) in [5.74, 6) is 0. The molecular weight excluding hydrogens is 773 g/mol. The van der Waals surface area contributed by atoms with Crippen molar-refractivity contribution in [2.24, 2.45) is 0 Å². The van der Waals surface area contributed by atoms with E-state index in [-0.39, 0.29) is 20.1 Å². The number of hydrogen-bond donors (Lipinski definition) is 0. The minimum Gasteiger partial charge on any atom is -0.304 e. The Hall–Kier alpha value is -5.82. The maximum absolute atomic E-state index is 4.45. The molecule has 8 aromatic rings. The van der Waals surface area contributed by atoms with Gasteiger partial charge in [-0.3, -0.25) is 0 Å². The van der Waals surface area contributed by atoms with Gasteiger partial charge >= 0.3 is 20.1 Å². The van der Waals surface area contributed by atoms with E-state index in [1.54, 1.807) is 0 Å². The number of rotatable bonds is 3. The van der Waals surface area contributed by atoms with Crippen LogP contribution in [0.1, 0.15) is 16.7 Å². The number of allylic oxidation sites excluding steroid dienone is 2. The molecule has 0 fully saturated rings. The predicted molar refractivity (Wildman–Crippen MR) is 199 cm³/mol. The van der Waals surface area contributed by atoms with Gasteiger partial charge in [-0.2, -0.15) is 0 Å². The fourth-order valence-electron chi connectivity index (χ4n) is 5.68. The van der Waals surface area contributed by atoms with Crippen molar-refractivity contribution in [3.63, 3.8) is 0 Å². The quantitative estimate of drug-likeness (QED) is 0.166. The molecular formula is C46H30IrN2+. The van der Waals surface area contributed by atoms with Crippen LogP contribution in [0.25, 0.3) is 55.7 Å². The van der Waals surface area contributed by atoms with Crippen LogP contribution < -0.4 is 0 Å². The minimum absolute atomic E-state index is 0. The van der Waals surface area contributed by atoms with Gasteiger partial charge < -0.3 is 9.97 Å². The number of benzene rings is 6. The molecule has 49 heavy (non-hydrogen) atoms. The molecule has 0 amide bonds. The van der Waals surface area contributed by atoms with Gasteiger partial charge in [-0.15, -0.1) is 96.1 Å². The summed E-state index contributed by atoms with van der Waals surface area (Å²) >= 11 is 0. The van der Waals surface area contributed by atoms with E-state index in [4.69, 9.17) is 0 Å². The van der Waals surface area contributed by atoms with Gasteiger partial charge in [-0.05, 0) is 63.3 Å². The van der Waals surface area contributed by atoms with Crippen molar-refractivity contribution < 1.29 is 20.1 Å². The fraction of sp³-hybridized carbons (Fsp3) is 0. The number of hydrogen-bond acceptors (Lipinski definition) is 2. The third-order valence-corrected chi connectivity index (χ3v) is 7.97. The summed E-state index contributed by atoms with van der Waals surface area (Å²) in [4.78, 5) is 8.89. The van der Waals surface area contributed by atoms with Crippen LogP contribution >= 0.6 is 0 Å². The third kappa shape index (κ3) is 7.84. The van der Waals surface area contributed by atoms with Gasteiger partial charge in [-0.1, -0.05) is 72.3 Å². The van der Waals surface area contributed by atoms with Crippen LogP contribution in [0, 0.1) is 24.3 Å². The maximum Gasteiger partial charge on any atom is 3.00 e. The minimum atomic E-state index is 0. The second kappa shape index (κ2) is 16.3. The average molecular weight is 803 g/mol. The van der Waals surface area contributed by atoms with E-state index in [1.807, 2.05) is 122 Å². The van der Waals surface area contributed by atoms with Gasteiger partial charge in [0.1, 0.15) is 0 Å². The summed E-state index contributed by atoms with van der Waals surface area (Å²) in [5, 5.41) is 4.77. The molecule has 0 atom stereocenters. The molecule has 3 heteroatoms. The molecule has 6 aromatic carbocycles. The van der Waals surface area contributed by atoms with Crippen LogP contribution in [0.3, 0.4) is 0 Å². The zero-order valence-corrected chi connectivity index (χ0v) is 28.9. The third-order valence-electron chi connectivity index (χ3n) is 7.97. The van der Waals surface area contributed by atoms with Gasteiger partial charge in [0.05, 0.1) is 17.2 Å². The summed E-state index contributed by atoms with van der Waals surface area (Å²) in [5.41, 5.74) is 8.77. The Labute approximate surface area is 301 Å². The molecule has 9 rings (SSSR count). The van der Waals surface area contributed by atoms with Crippen LogP contribution in [-0.4, -0.2) is 9.97 Å². The van der Waals surface area contributed by atoms with E-state index < -0.39 is 0 Å². The van der Waals surface area contributed by atoms with Crippen LogP contribution in [0.5, 0.6) is 0 Å². The van der Waals surface area contributed by atoms with Crippen molar-refractivity contribution in [1.29, 1.82) is 0 Å². The molecule has 0 spiro atoms. The van der Waals surface area contributed by atoms with E-state index in [9.17, 15) is 0 Å². The average Bonchev–Trinajstić information content (AvgIpc) is 3.19. The van der Waals surface area contributed by atoms with Gasteiger partial charge in [-0.25, -0.2) is 0 Å². The van der Waals surface area contributed by atoms with Crippen molar-refractivity contribution in [2.75, 3.05) is 0 Å². The number of nitrogens with zero attached hydrogens (tertiary/aromatic N) is 2. The number of fused-ring (bicyclic) bond motifs is 3. The zero-order valence-electron chi connectivity index (χ0n) is 26.5. The molecule has 1 aliphatic carbocycles. The molecule has 2 aromatic heterocycles. The molecule has 232 valence electrons. The van der Waals surface area contributed by atoms with Crippen molar-refractivity contribution in [2.45, 2.75) is 0 Å². The Morgan fingerprint density at radius 2 is 0.918 bits per heavy atom. The first-order chi connectivity index (χ1) is 23.8. The smallest absolute Gasteiger partial charge is 0.304 e. The summed E-state index contributed by atoms with van der Waals surface area (Å²) in [6.07, 6.45) is 11.0. The monoisotopic (exact) mass is 803 g/mol. The largest absolute Gasteiger partial charge is 3.00 e. The standard InChI is InChI=1S/C16H10.2C15H10N.Ir/c1-2-7-13(8-3-1)16-12-6-10-14-9-4-5-11-15(14)16;2*1-2-7-13(8-3-1)15-14-9-5-4-6-12(14)10-11-16-15;/h3*1-7,9-11H;/q;2*-1;+3.